The predicted octanol–water partition coefficient (Wildman–Crippen LogP) is 6.72. The lowest BCUT2D eigenvalue weighted by atomic mass is 10.0. The predicted molar refractivity (Wildman–Crippen MR) is 103 cm³/mol. The van der Waals surface area contributed by atoms with Crippen LogP contribution in [0.2, 0.25) is 15.1 Å². The number of alkyl halides is 3. The van der Waals surface area contributed by atoms with Gasteiger partial charge in [0.1, 0.15) is 4.88 Å². The molecule has 1 aromatic carbocycles. The maximum absolute atomic E-state index is 13.6. The van der Waals surface area contributed by atoms with Crippen molar-refractivity contribution in [2.45, 2.75) is 25.4 Å². The van der Waals surface area contributed by atoms with Crippen molar-refractivity contribution in [3.63, 3.8) is 0 Å². The summed E-state index contributed by atoms with van der Waals surface area (Å²) in [6.45, 7) is 0. The first-order valence-corrected chi connectivity index (χ1v) is 9.81. The molecule has 1 heterocycles. The maximum Gasteiger partial charge on any atom is 0.417 e. The standard InChI is InChI=1S/C18H10Cl3F3O3S/c19-11-4-7(5-12(20)14(11)21)10(18(22,23)24)6-13(25)15-8-2-1-3-9(8)16(28-15)17(26)27/h4-6H,1-3H2,(H,26,27). The van der Waals surface area contributed by atoms with E-state index < -0.39 is 29.1 Å². The van der Waals surface area contributed by atoms with E-state index in [1.807, 2.05) is 0 Å². The van der Waals surface area contributed by atoms with Gasteiger partial charge in [0.05, 0.1) is 25.5 Å². The molecule has 3 rings (SSSR count). The fourth-order valence-corrected chi connectivity index (χ4v) is 4.82. The van der Waals surface area contributed by atoms with Crippen molar-refractivity contribution in [2.75, 3.05) is 0 Å². The molecule has 148 valence electrons. The van der Waals surface area contributed by atoms with E-state index in [-0.39, 0.29) is 24.8 Å². The number of carboxylic acid groups (broad SMARTS) is 1. The Hall–Kier alpha value is -1.54. The quantitative estimate of drug-likeness (QED) is 0.307. The molecule has 0 unspecified atom stereocenters. The summed E-state index contributed by atoms with van der Waals surface area (Å²) < 4.78 is 40.9. The SMILES string of the molecule is O=C(O)c1sc(C(=O)C=C(c2cc(Cl)c(Cl)c(Cl)c2)C(F)(F)F)c2c1CCC2. The third-order valence-corrected chi connectivity index (χ3v) is 6.74. The van der Waals surface area contributed by atoms with Gasteiger partial charge in [-0.3, -0.25) is 4.79 Å². The molecular formula is C18H10Cl3F3O3S. The number of thiophene rings is 1. The number of carboxylic acids is 1. The minimum atomic E-state index is -4.87. The Morgan fingerprint density at radius 1 is 1.04 bits per heavy atom. The highest BCUT2D eigenvalue weighted by molar-refractivity contribution is 7.16. The van der Waals surface area contributed by atoms with Crippen molar-refractivity contribution in [1.82, 2.24) is 0 Å². The molecule has 0 aliphatic heterocycles. The molecular weight excluding hydrogens is 460 g/mol. The molecule has 1 aliphatic carbocycles. The first-order valence-electron chi connectivity index (χ1n) is 7.86. The van der Waals surface area contributed by atoms with Crippen molar-refractivity contribution in [3.05, 3.63) is 59.7 Å². The lowest BCUT2D eigenvalue weighted by Crippen LogP contribution is -2.13. The van der Waals surface area contributed by atoms with Crippen molar-refractivity contribution >= 4 is 63.5 Å². The van der Waals surface area contributed by atoms with Crippen LogP contribution < -0.4 is 0 Å². The number of ketones is 1. The highest BCUT2D eigenvalue weighted by atomic mass is 35.5. The Labute approximate surface area is 176 Å². The van der Waals surface area contributed by atoms with E-state index in [0.29, 0.717) is 47.8 Å². The van der Waals surface area contributed by atoms with Crippen LogP contribution in [0.5, 0.6) is 0 Å². The zero-order valence-corrected chi connectivity index (χ0v) is 16.9. The molecule has 0 radical (unpaired) electrons. The van der Waals surface area contributed by atoms with Gasteiger partial charge in [-0.05, 0) is 54.2 Å². The third kappa shape index (κ3) is 3.94. The van der Waals surface area contributed by atoms with Crippen LogP contribution in [-0.4, -0.2) is 23.0 Å². The van der Waals surface area contributed by atoms with Crippen LogP contribution in [0.4, 0.5) is 13.2 Å². The van der Waals surface area contributed by atoms with E-state index in [1.54, 1.807) is 0 Å². The Balaban J connectivity index is 2.12. The minimum Gasteiger partial charge on any atom is -0.477 e. The summed E-state index contributed by atoms with van der Waals surface area (Å²) in [7, 11) is 0. The number of carbonyl (C=O) groups excluding carboxylic acids is 1. The van der Waals surface area contributed by atoms with E-state index in [9.17, 15) is 27.9 Å². The number of benzene rings is 1. The van der Waals surface area contributed by atoms with Gasteiger partial charge in [0.2, 0.25) is 0 Å². The number of carbonyl (C=O) groups is 2. The van der Waals surface area contributed by atoms with E-state index in [0.717, 1.165) is 12.1 Å². The van der Waals surface area contributed by atoms with Crippen LogP contribution in [0.15, 0.2) is 18.2 Å². The summed E-state index contributed by atoms with van der Waals surface area (Å²) in [5, 5.41) is 8.82. The van der Waals surface area contributed by atoms with Crippen LogP contribution in [0.3, 0.4) is 0 Å². The summed E-state index contributed by atoms with van der Waals surface area (Å²) in [6, 6.07) is 1.95. The van der Waals surface area contributed by atoms with Gasteiger partial charge in [0, 0.05) is 0 Å². The molecule has 3 nitrogen and oxygen atoms in total. The average molecular weight is 470 g/mol. The summed E-state index contributed by atoms with van der Waals surface area (Å²) >= 11 is 18.1. The van der Waals surface area contributed by atoms with Gasteiger partial charge in [0.15, 0.2) is 5.78 Å². The van der Waals surface area contributed by atoms with Crippen LogP contribution in [-0.2, 0) is 12.8 Å². The van der Waals surface area contributed by atoms with Crippen molar-refractivity contribution in [2.24, 2.45) is 0 Å². The summed E-state index contributed by atoms with van der Waals surface area (Å²) in [5.41, 5.74) is -0.611. The lowest BCUT2D eigenvalue weighted by Gasteiger charge is -2.13. The van der Waals surface area contributed by atoms with Gasteiger partial charge in [-0.25, -0.2) is 4.79 Å². The van der Waals surface area contributed by atoms with Gasteiger partial charge >= 0.3 is 12.1 Å². The summed E-state index contributed by atoms with van der Waals surface area (Å²) in [4.78, 5) is 24.0. The molecule has 0 fully saturated rings. The first-order chi connectivity index (χ1) is 13.0. The van der Waals surface area contributed by atoms with Gasteiger partial charge < -0.3 is 5.11 Å². The first kappa shape index (κ1) is 21.2. The molecule has 1 aromatic heterocycles. The molecule has 1 N–H and O–H groups in total. The Bertz CT molecular complexity index is 1000. The van der Waals surface area contributed by atoms with E-state index in [2.05, 4.69) is 0 Å². The molecule has 10 heteroatoms. The molecule has 0 saturated heterocycles. The molecule has 0 bridgehead atoms. The number of fused-ring (bicyclic) bond motifs is 1. The van der Waals surface area contributed by atoms with Gasteiger partial charge in [-0.2, -0.15) is 13.2 Å². The van der Waals surface area contributed by atoms with Crippen molar-refractivity contribution in [1.29, 1.82) is 0 Å². The molecule has 2 aromatic rings. The smallest absolute Gasteiger partial charge is 0.417 e. The number of allylic oxidation sites excluding steroid dienone is 2. The van der Waals surface area contributed by atoms with Crippen LogP contribution in [0, 0.1) is 0 Å². The highest BCUT2D eigenvalue weighted by Crippen LogP contribution is 2.41. The van der Waals surface area contributed by atoms with Gasteiger partial charge in [-0.1, -0.05) is 34.8 Å². The zero-order valence-electron chi connectivity index (χ0n) is 13.8. The lowest BCUT2D eigenvalue weighted by molar-refractivity contribution is -0.0689. The van der Waals surface area contributed by atoms with Crippen LogP contribution in [0.25, 0.3) is 5.57 Å². The molecule has 0 atom stereocenters. The minimum absolute atomic E-state index is 0.00427. The Morgan fingerprint density at radius 2 is 1.57 bits per heavy atom. The molecule has 1 aliphatic rings. The fourth-order valence-electron chi connectivity index (χ4n) is 3.08. The second kappa shape index (κ2) is 7.71. The highest BCUT2D eigenvalue weighted by Gasteiger charge is 2.37. The van der Waals surface area contributed by atoms with E-state index in [4.69, 9.17) is 34.8 Å². The number of halogens is 6. The van der Waals surface area contributed by atoms with E-state index >= 15 is 0 Å². The Kier molecular flexibility index (Phi) is 5.83. The largest absolute Gasteiger partial charge is 0.477 e. The number of hydrogen-bond acceptors (Lipinski definition) is 3. The van der Waals surface area contributed by atoms with Crippen LogP contribution in [0.1, 0.15) is 42.5 Å². The third-order valence-electron chi connectivity index (χ3n) is 4.26. The average Bonchev–Trinajstić information content (AvgIpc) is 3.17. The van der Waals surface area contributed by atoms with E-state index in [1.165, 1.54) is 0 Å². The summed E-state index contributed by atoms with van der Waals surface area (Å²) in [6.07, 6.45) is -2.83. The Morgan fingerprint density at radius 3 is 2.07 bits per heavy atom. The molecule has 0 amide bonds. The normalized spacial score (nSPS) is 14.3. The molecule has 0 spiro atoms. The zero-order chi connectivity index (χ0) is 20.8. The number of hydrogen-bond donors (Lipinski definition) is 1. The monoisotopic (exact) mass is 468 g/mol. The van der Waals surface area contributed by atoms with Crippen molar-refractivity contribution in [3.8, 4) is 0 Å². The molecule has 28 heavy (non-hydrogen) atoms. The molecule has 0 saturated carbocycles. The number of rotatable bonds is 4. The second-order valence-electron chi connectivity index (χ2n) is 6.05. The van der Waals surface area contributed by atoms with Gasteiger partial charge in [-0.15, -0.1) is 11.3 Å². The fraction of sp³-hybridized carbons (Fsp3) is 0.222. The maximum atomic E-state index is 13.6. The second-order valence-corrected chi connectivity index (χ2v) is 8.26. The summed E-state index contributed by atoms with van der Waals surface area (Å²) in [5.74, 6) is -2.11. The number of aromatic carboxylic acids is 1. The van der Waals surface area contributed by atoms with Gasteiger partial charge in [0.25, 0.3) is 0 Å². The topological polar surface area (TPSA) is 54.4 Å². The van der Waals surface area contributed by atoms with Crippen molar-refractivity contribution < 1.29 is 27.9 Å². The van der Waals surface area contributed by atoms with Crippen LogP contribution >= 0.6 is 46.1 Å².